The molecule has 2 nitrogen and oxygen atoms in total. The van der Waals surface area contributed by atoms with Gasteiger partial charge in [0.2, 0.25) is 0 Å². The second-order valence-corrected chi connectivity index (χ2v) is 5.69. The van der Waals surface area contributed by atoms with Crippen LogP contribution in [0.2, 0.25) is 0 Å². The third-order valence-electron chi connectivity index (χ3n) is 3.30. The number of ether oxygens (including phenoxy) is 1. The summed E-state index contributed by atoms with van der Waals surface area (Å²) in [5, 5.41) is 0. The molecule has 2 heteroatoms. The summed E-state index contributed by atoms with van der Waals surface area (Å²) in [5.74, 6) is 0. The molecule has 13 heavy (non-hydrogen) atoms. The van der Waals surface area contributed by atoms with Crippen LogP contribution in [-0.2, 0) is 4.74 Å². The largest absolute Gasteiger partial charge is 0.373 e. The van der Waals surface area contributed by atoms with Gasteiger partial charge in [0.1, 0.15) is 0 Å². The Balaban J connectivity index is 2.55. The fraction of sp³-hybridized carbons (Fsp3) is 1.00. The highest BCUT2D eigenvalue weighted by Gasteiger charge is 2.43. The van der Waals surface area contributed by atoms with E-state index in [1.807, 2.05) is 0 Å². The molecule has 0 aromatic rings. The molecule has 1 heterocycles. The number of rotatable bonds is 4. The van der Waals surface area contributed by atoms with Crippen LogP contribution in [-0.4, -0.2) is 37.2 Å². The van der Waals surface area contributed by atoms with Crippen molar-refractivity contribution < 1.29 is 4.74 Å². The third-order valence-corrected chi connectivity index (χ3v) is 3.30. The van der Waals surface area contributed by atoms with E-state index in [-0.39, 0.29) is 5.54 Å². The van der Waals surface area contributed by atoms with E-state index in [4.69, 9.17) is 4.74 Å². The minimum absolute atomic E-state index is 0.259. The maximum absolute atomic E-state index is 5.38. The van der Waals surface area contributed by atoms with Gasteiger partial charge in [-0.3, -0.25) is 0 Å². The molecule has 0 aromatic heterocycles. The predicted molar refractivity (Wildman–Crippen MR) is 55.9 cm³/mol. The van der Waals surface area contributed by atoms with Crippen LogP contribution in [0, 0.1) is 5.41 Å². The van der Waals surface area contributed by atoms with E-state index in [9.17, 15) is 0 Å². The highest BCUT2D eigenvalue weighted by molar-refractivity contribution is 4.93. The Hall–Kier alpha value is -0.0800. The molecule has 1 aliphatic heterocycles. The predicted octanol–water partition coefficient (Wildman–Crippen LogP) is 2.14. The Labute approximate surface area is 82.3 Å². The summed E-state index contributed by atoms with van der Waals surface area (Å²) in [6.07, 6.45) is 1.67. The molecule has 0 N–H and O–H groups in total. The zero-order valence-electron chi connectivity index (χ0n) is 9.85. The summed E-state index contributed by atoms with van der Waals surface area (Å²) in [4.78, 5) is 2.29. The summed E-state index contributed by atoms with van der Waals surface area (Å²) in [5.41, 5.74) is 0.573. The molecule has 1 fully saturated rings. The zero-order valence-corrected chi connectivity index (χ0v) is 9.85. The van der Waals surface area contributed by atoms with Gasteiger partial charge in [-0.2, -0.15) is 0 Å². The molecule has 78 valence electrons. The van der Waals surface area contributed by atoms with Gasteiger partial charge in [-0.1, -0.05) is 13.8 Å². The fourth-order valence-electron chi connectivity index (χ4n) is 1.89. The smallest absolute Gasteiger partial charge is 0.0861 e. The van der Waals surface area contributed by atoms with Crippen molar-refractivity contribution >= 4 is 0 Å². The Morgan fingerprint density at radius 1 is 1.23 bits per heavy atom. The molecule has 1 saturated heterocycles. The van der Waals surface area contributed by atoms with Gasteiger partial charge in [-0.15, -0.1) is 0 Å². The summed E-state index contributed by atoms with van der Waals surface area (Å²) in [6.45, 7) is 10.1. The van der Waals surface area contributed by atoms with Gasteiger partial charge in [-0.25, -0.2) is 0 Å². The minimum atomic E-state index is 0.259. The molecular formula is C11H23NO. The maximum Gasteiger partial charge on any atom is 0.0861 e. The molecule has 1 aliphatic rings. The third kappa shape index (κ3) is 2.68. The van der Waals surface area contributed by atoms with E-state index in [1.54, 1.807) is 0 Å². The van der Waals surface area contributed by atoms with Crippen molar-refractivity contribution in [2.24, 2.45) is 5.41 Å². The van der Waals surface area contributed by atoms with E-state index < -0.39 is 0 Å². The Morgan fingerprint density at radius 2 is 1.69 bits per heavy atom. The van der Waals surface area contributed by atoms with Crippen molar-refractivity contribution in [3.63, 3.8) is 0 Å². The van der Waals surface area contributed by atoms with Crippen LogP contribution in [0.1, 0.15) is 34.1 Å². The van der Waals surface area contributed by atoms with Crippen LogP contribution in [0.3, 0.4) is 0 Å². The van der Waals surface area contributed by atoms with Crippen molar-refractivity contribution in [3.05, 3.63) is 0 Å². The standard InChI is InChI=1S/C11H23NO/c1-10(2,9-7-13-9)8-11(3,4)12(5)6/h9H,7-8H2,1-6H3. The SMILES string of the molecule is CN(C)C(C)(C)CC(C)(C)C1CO1. The molecule has 0 spiro atoms. The summed E-state index contributed by atoms with van der Waals surface area (Å²) in [6, 6.07) is 0. The van der Waals surface area contributed by atoms with Crippen molar-refractivity contribution in [2.45, 2.75) is 45.8 Å². The minimum Gasteiger partial charge on any atom is -0.373 e. The molecule has 0 radical (unpaired) electrons. The highest BCUT2D eigenvalue weighted by Crippen LogP contribution is 2.39. The average Bonchev–Trinajstić information content (AvgIpc) is 2.63. The van der Waals surface area contributed by atoms with Crippen LogP contribution in [0.25, 0.3) is 0 Å². The van der Waals surface area contributed by atoms with Crippen molar-refractivity contribution in [1.82, 2.24) is 4.90 Å². The lowest BCUT2D eigenvalue weighted by Gasteiger charge is -2.39. The van der Waals surface area contributed by atoms with Crippen LogP contribution >= 0.6 is 0 Å². The summed E-state index contributed by atoms with van der Waals surface area (Å²) >= 11 is 0. The highest BCUT2D eigenvalue weighted by atomic mass is 16.6. The van der Waals surface area contributed by atoms with Gasteiger partial charge >= 0.3 is 0 Å². The van der Waals surface area contributed by atoms with Gasteiger partial charge in [-0.05, 0) is 39.8 Å². The van der Waals surface area contributed by atoms with Gasteiger partial charge in [0.15, 0.2) is 0 Å². The first-order valence-corrected chi connectivity index (χ1v) is 5.05. The van der Waals surface area contributed by atoms with Crippen molar-refractivity contribution in [2.75, 3.05) is 20.7 Å². The molecule has 0 aromatic carbocycles. The lowest BCUT2D eigenvalue weighted by atomic mass is 9.77. The van der Waals surface area contributed by atoms with E-state index in [1.165, 1.54) is 6.42 Å². The number of epoxide rings is 1. The van der Waals surface area contributed by atoms with Crippen LogP contribution in [0.15, 0.2) is 0 Å². The lowest BCUT2D eigenvalue weighted by molar-refractivity contribution is 0.100. The molecule has 0 amide bonds. The zero-order chi connectivity index (χ0) is 10.3. The lowest BCUT2D eigenvalue weighted by Crippen LogP contribution is -2.43. The van der Waals surface area contributed by atoms with Crippen LogP contribution < -0.4 is 0 Å². The van der Waals surface area contributed by atoms with Crippen molar-refractivity contribution in [3.8, 4) is 0 Å². The van der Waals surface area contributed by atoms with E-state index in [2.05, 4.69) is 46.7 Å². The second kappa shape index (κ2) is 3.25. The van der Waals surface area contributed by atoms with E-state index >= 15 is 0 Å². The Kier molecular flexibility index (Phi) is 2.75. The first kappa shape index (κ1) is 11.0. The maximum atomic E-state index is 5.38. The van der Waals surface area contributed by atoms with Crippen LogP contribution in [0.4, 0.5) is 0 Å². The quantitative estimate of drug-likeness (QED) is 0.624. The van der Waals surface area contributed by atoms with Crippen molar-refractivity contribution in [1.29, 1.82) is 0 Å². The topological polar surface area (TPSA) is 15.8 Å². The summed E-state index contributed by atoms with van der Waals surface area (Å²) in [7, 11) is 4.29. The first-order valence-electron chi connectivity index (χ1n) is 5.05. The average molecular weight is 185 g/mol. The van der Waals surface area contributed by atoms with Gasteiger partial charge in [0, 0.05) is 5.54 Å². The molecule has 1 unspecified atom stereocenters. The van der Waals surface area contributed by atoms with Gasteiger partial charge in [0.25, 0.3) is 0 Å². The second-order valence-electron chi connectivity index (χ2n) is 5.69. The number of hydrogen-bond acceptors (Lipinski definition) is 2. The number of nitrogens with zero attached hydrogens (tertiary/aromatic N) is 1. The Morgan fingerprint density at radius 3 is 2.00 bits per heavy atom. The van der Waals surface area contributed by atoms with Crippen LogP contribution in [0.5, 0.6) is 0 Å². The summed E-state index contributed by atoms with van der Waals surface area (Å²) < 4.78 is 5.38. The molecule has 0 aliphatic carbocycles. The molecular weight excluding hydrogens is 162 g/mol. The molecule has 1 atom stereocenters. The molecule has 1 rings (SSSR count). The van der Waals surface area contributed by atoms with Gasteiger partial charge in [0.05, 0.1) is 12.7 Å². The normalized spacial score (nSPS) is 23.8. The molecule has 0 bridgehead atoms. The fourth-order valence-corrected chi connectivity index (χ4v) is 1.89. The van der Waals surface area contributed by atoms with E-state index in [0.29, 0.717) is 11.5 Å². The molecule has 0 saturated carbocycles. The number of hydrogen-bond donors (Lipinski definition) is 0. The first-order chi connectivity index (χ1) is 5.76. The van der Waals surface area contributed by atoms with E-state index in [0.717, 1.165) is 6.61 Å². The van der Waals surface area contributed by atoms with Gasteiger partial charge < -0.3 is 9.64 Å². The Bertz CT molecular complexity index is 169. The monoisotopic (exact) mass is 185 g/mol.